The zero-order chi connectivity index (χ0) is 11.3. The van der Waals surface area contributed by atoms with Crippen LogP contribution >= 0.6 is 15.9 Å². The first-order chi connectivity index (χ1) is 7.11. The number of amides is 1. The zero-order valence-electron chi connectivity index (χ0n) is 8.42. The Labute approximate surface area is 96.9 Å². The molecule has 0 unspecified atom stereocenters. The number of benzene rings is 1. The fourth-order valence-electron chi connectivity index (χ4n) is 1.05. The number of hydrogen-bond donors (Lipinski definition) is 2. The number of nitrogen functional groups attached to an aromatic ring is 1. The molecule has 4 nitrogen and oxygen atoms in total. The maximum absolute atomic E-state index is 10.9. The zero-order valence-corrected chi connectivity index (χ0v) is 10.0. The second kappa shape index (κ2) is 5.60. The molecule has 1 rings (SSSR count). The number of carbonyl (C=O) groups excluding carboxylic acids is 1. The molecule has 3 N–H and O–H groups in total. The maximum Gasteiger partial charge on any atom is 0.223 e. The van der Waals surface area contributed by atoms with Gasteiger partial charge in [-0.2, -0.15) is 0 Å². The number of nitrogens with two attached hydrogens (primary N) is 1. The van der Waals surface area contributed by atoms with Crippen LogP contribution in [0.2, 0.25) is 0 Å². The lowest BCUT2D eigenvalue weighted by Crippen LogP contribution is -2.20. The first-order valence-electron chi connectivity index (χ1n) is 4.51. The molecule has 0 aliphatic rings. The Balaban J connectivity index is 2.47. The topological polar surface area (TPSA) is 64.3 Å². The second-order valence-electron chi connectivity index (χ2n) is 2.99. The van der Waals surface area contributed by atoms with Gasteiger partial charge in [0.15, 0.2) is 0 Å². The van der Waals surface area contributed by atoms with Crippen LogP contribution < -0.4 is 15.8 Å². The Morgan fingerprint density at radius 2 is 2.27 bits per heavy atom. The Hall–Kier alpha value is -1.23. The summed E-state index contributed by atoms with van der Waals surface area (Å²) in [5.41, 5.74) is 6.25. The van der Waals surface area contributed by atoms with E-state index in [4.69, 9.17) is 10.5 Å². The standard InChI is InChI=1S/C10H13BrN2O2/c1-13-10(14)2-3-15-9-5-7(11)4-8(12)6-9/h4-6H,2-3,12H2,1H3,(H,13,14). The highest BCUT2D eigenvalue weighted by Gasteiger charge is 2.00. The molecule has 0 aliphatic carbocycles. The lowest BCUT2D eigenvalue weighted by Gasteiger charge is -2.06. The summed E-state index contributed by atoms with van der Waals surface area (Å²) in [5, 5.41) is 2.52. The quantitative estimate of drug-likeness (QED) is 0.818. The predicted octanol–water partition coefficient (Wildman–Crippen LogP) is 1.55. The van der Waals surface area contributed by atoms with Crippen molar-refractivity contribution >= 4 is 27.5 Å². The van der Waals surface area contributed by atoms with Crippen LogP contribution in [0.3, 0.4) is 0 Å². The monoisotopic (exact) mass is 272 g/mol. The van der Waals surface area contributed by atoms with Gasteiger partial charge < -0.3 is 15.8 Å². The third kappa shape index (κ3) is 4.20. The van der Waals surface area contributed by atoms with E-state index in [0.29, 0.717) is 24.5 Å². The lowest BCUT2D eigenvalue weighted by atomic mass is 10.3. The summed E-state index contributed by atoms with van der Waals surface area (Å²) in [5.74, 6) is 0.615. The lowest BCUT2D eigenvalue weighted by molar-refractivity contribution is -0.121. The van der Waals surface area contributed by atoms with Crippen LogP contribution in [0.25, 0.3) is 0 Å². The number of ether oxygens (including phenoxy) is 1. The molecular weight excluding hydrogens is 260 g/mol. The van der Waals surface area contributed by atoms with Gasteiger partial charge in [0.2, 0.25) is 5.91 Å². The molecule has 0 radical (unpaired) electrons. The van der Waals surface area contributed by atoms with Crippen molar-refractivity contribution in [2.45, 2.75) is 6.42 Å². The number of anilines is 1. The van der Waals surface area contributed by atoms with Gasteiger partial charge in [-0.15, -0.1) is 0 Å². The fourth-order valence-corrected chi connectivity index (χ4v) is 1.54. The van der Waals surface area contributed by atoms with Crippen LogP contribution in [-0.2, 0) is 4.79 Å². The highest BCUT2D eigenvalue weighted by atomic mass is 79.9. The molecule has 0 saturated carbocycles. The van der Waals surface area contributed by atoms with Gasteiger partial charge in [0, 0.05) is 23.3 Å². The minimum Gasteiger partial charge on any atom is -0.493 e. The van der Waals surface area contributed by atoms with Crippen LogP contribution in [0.15, 0.2) is 22.7 Å². The fraction of sp³-hybridized carbons (Fsp3) is 0.300. The van der Waals surface area contributed by atoms with E-state index in [9.17, 15) is 4.79 Å². The van der Waals surface area contributed by atoms with E-state index in [1.807, 2.05) is 0 Å². The molecule has 0 heterocycles. The minimum atomic E-state index is -0.0435. The summed E-state index contributed by atoms with van der Waals surface area (Å²) in [4.78, 5) is 10.9. The van der Waals surface area contributed by atoms with Gasteiger partial charge in [-0.05, 0) is 12.1 Å². The molecule has 5 heteroatoms. The second-order valence-corrected chi connectivity index (χ2v) is 3.91. The Kier molecular flexibility index (Phi) is 4.42. The van der Waals surface area contributed by atoms with Gasteiger partial charge in [-0.3, -0.25) is 4.79 Å². The third-order valence-corrected chi connectivity index (χ3v) is 2.23. The Morgan fingerprint density at radius 3 is 2.87 bits per heavy atom. The van der Waals surface area contributed by atoms with E-state index in [1.54, 1.807) is 25.2 Å². The van der Waals surface area contributed by atoms with E-state index in [0.717, 1.165) is 4.47 Å². The summed E-state index contributed by atoms with van der Waals surface area (Å²) in [6, 6.07) is 5.31. The Bertz CT molecular complexity index is 335. The van der Waals surface area contributed by atoms with E-state index in [1.165, 1.54) is 0 Å². The van der Waals surface area contributed by atoms with E-state index < -0.39 is 0 Å². The van der Waals surface area contributed by atoms with Gasteiger partial charge >= 0.3 is 0 Å². The van der Waals surface area contributed by atoms with Crippen molar-refractivity contribution in [2.75, 3.05) is 19.4 Å². The van der Waals surface area contributed by atoms with Crippen molar-refractivity contribution in [1.82, 2.24) is 5.32 Å². The summed E-state index contributed by atoms with van der Waals surface area (Å²) in [7, 11) is 1.60. The normalized spacial score (nSPS) is 9.73. The molecule has 0 aromatic heterocycles. The van der Waals surface area contributed by atoms with Crippen LogP contribution in [0, 0.1) is 0 Å². The molecule has 1 amide bonds. The van der Waals surface area contributed by atoms with Crippen LogP contribution in [-0.4, -0.2) is 19.6 Å². The first-order valence-corrected chi connectivity index (χ1v) is 5.30. The van der Waals surface area contributed by atoms with Crippen molar-refractivity contribution in [3.8, 4) is 5.75 Å². The largest absolute Gasteiger partial charge is 0.493 e. The van der Waals surface area contributed by atoms with Crippen molar-refractivity contribution in [3.05, 3.63) is 22.7 Å². The van der Waals surface area contributed by atoms with Gasteiger partial charge in [0.1, 0.15) is 5.75 Å². The van der Waals surface area contributed by atoms with Crippen molar-refractivity contribution < 1.29 is 9.53 Å². The van der Waals surface area contributed by atoms with E-state index >= 15 is 0 Å². The molecule has 0 saturated heterocycles. The van der Waals surface area contributed by atoms with Crippen molar-refractivity contribution in [3.63, 3.8) is 0 Å². The molecule has 15 heavy (non-hydrogen) atoms. The molecule has 82 valence electrons. The van der Waals surface area contributed by atoms with Gasteiger partial charge in [-0.1, -0.05) is 15.9 Å². The summed E-state index contributed by atoms with van der Waals surface area (Å²) >= 11 is 3.31. The molecule has 0 fully saturated rings. The smallest absolute Gasteiger partial charge is 0.223 e. The number of halogens is 1. The summed E-state index contributed by atoms with van der Waals surface area (Å²) in [6.45, 7) is 0.343. The predicted molar refractivity (Wildman–Crippen MR) is 62.7 cm³/mol. The number of hydrogen-bond acceptors (Lipinski definition) is 3. The molecule has 0 spiro atoms. The number of nitrogens with one attached hydrogen (secondary N) is 1. The summed E-state index contributed by atoms with van der Waals surface area (Å²) < 4.78 is 6.23. The van der Waals surface area contributed by atoms with Gasteiger partial charge in [-0.25, -0.2) is 0 Å². The molecule has 0 bridgehead atoms. The molecule has 1 aromatic carbocycles. The number of carbonyl (C=O) groups is 1. The summed E-state index contributed by atoms with van der Waals surface area (Å²) in [6.07, 6.45) is 0.336. The van der Waals surface area contributed by atoms with Crippen LogP contribution in [0.1, 0.15) is 6.42 Å². The first kappa shape index (κ1) is 11.8. The van der Waals surface area contributed by atoms with Gasteiger partial charge in [0.05, 0.1) is 13.0 Å². The van der Waals surface area contributed by atoms with Crippen molar-refractivity contribution in [1.29, 1.82) is 0 Å². The van der Waals surface area contributed by atoms with Crippen molar-refractivity contribution in [2.24, 2.45) is 0 Å². The molecular formula is C10H13BrN2O2. The average molecular weight is 273 g/mol. The number of rotatable bonds is 4. The average Bonchev–Trinajstić information content (AvgIpc) is 2.16. The van der Waals surface area contributed by atoms with Gasteiger partial charge in [0.25, 0.3) is 0 Å². The highest BCUT2D eigenvalue weighted by Crippen LogP contribution is 2.22. The Morgan fingerprint density at radius 1 is 1.53 bits per heavy atom. The molecule has 0 atom stereocenters. The highest BCUT2D eigenvalue weighted by molar-refractivity contribution is 9.10. The van der Waals surface area contributed by atoms with Crippen LogP contribution in [0.5, 0.6) is 5.75 Å². The molecule has 0 aliphatic heterocycles. The maximum atomic E-state index is 10.9. The van der Waals surface area contributed by atoms with Crippen LogP contribution in [0.4, 0.5) is 5.69 Å². The molecule has 1 aromatic rings. The SMILES string of the molecule is CNC(=O)CCOc1cc(N)cc(Br)c1. The minimum absolute atomic E-state index is 0.0435. The van der Waals surface area contributed by atoms with E-state index in [2.05, 4.69) is 21.2 Å². The van der Waals surface area contributed by atoms with E-state index in [-0.39, 0.29) is 5.91 Å². The third-order valence-electron chi connectivity index (χ3n) is 1.77.